The fourth-order valence-corrected chi connectivity index (χ4v) is 3.81. The Bertz CT molecular complexity index is 1240. The molecule has 30 heavy (non-hydrogen) atoms. The molecule has 1 aliphatic rings. The van der Waals surface area contributed by atoms with Gasteiger partial charge in [0.25, 0.3) is 6.01 Å². The van der Waals surface area contributed by atoms with Crippen molar-refractivity contribution in [3.8, 4) is 0 Å². The minimum absolute atomic E-state index is 0. The van der Waals surface area contributed by atoms with E-state index in [4.69, 9.17) is 4.42 Å². The Morgan fingerprint density at radius 1 is 1.13 bits per heavy atom. The van der Waals surface area contributed by atoms with E-state index in [1.165, 1.54) is 17.8 Å². The lowest BCUT2D eigenvalue weighted by atomic mass is 9.88. The van der Waals surface area contributed by atoms with E-state index >= 15 is 0 Å². The van der Waals surface area contributed by atoms with Crippen LogP contribution in [0.4, 0.5) is 24.9 Å². The molecule has 0 spiro atoms. The van der Waals surface area contributed by atoms with E-state index in [1.54, 1.807) is 0 Å². The van der Waals surface area contributed by atoms with Crippen molar-refractivity contribution in [2.75, 3.05) is 5.32 Å². The molecule has 2 N–H and O–H groups in total. The van der Waals surface area contributed by atoms with Gasteiger partial charge in [0.1, 0.15) is 5.52 Å². The summed E-state index contributed by atoms with van der Waals surface area (Å²) in [7, 11) is 0. The average Bonchev–Trinajstić information content (AvgIpc) is 3.10. The molecular weight excluding hydrogens is 419 g/mol. The lowest BCUT2D eigenvalue weighted by Crippen LogP contribution is -2.19. The zero-order chi connectivity index (χ0) is 20.2. The van der Waals surface area contributed by atoms with Crippen molar-refractivity contribution in [2.24, 2.45) is 0 Å². The maximum atomic E-state index is 13.0. The van der Waals surface area contributed by atoms with E-state index in [9.17, 15) is 18.3 Å². The second-order valence-electron chi connectivity index (χ2n) is 7.19. The number of anilines is 2. The lowest BCUT2D eigenvalue weighted by Gasteiger charge is -2.23. The second kappa shape index (κ2) is 7.45. The van der Waals surface area contributed by atoms with Gasteiger partial charge in [-0.3, -0.25) is 4.98 Å². The van der Waals surface area contributed by atoms with Crippen molar-refractivity contribution in [2.45, 2.75) is 31.5 Å². The number of aliphatic hydroxyl groups is 1. The van der Waals surface area contributed by atoms with Crippen LogP contribution in [-0.2, 0) is 19.0 Å². The number of oxazole rings is 1. The summed E-state index contributed by atoms with van der Waals surface area (Å²) in [4.78, 5) is 8.47. The minimum Gasteiger partial charge on any atom is -0.423 e. The van der Waals surface area contributed by atoms with Gasteiger partial charge in [-0.2, -0.15) is 18.2 Å². The molecule has 2 aromatic heterocycles. The number of hydrogen-bond donors (Lipinski definition) is 2. The standard InChI is InChI=1S/C21H16F3N3O2.ClH/c22-21(23,24)12-5-7-14-17(8-12)25-10-18-19(14)29-20(27-18)26-16-3-1-2-11-4-6-13(28)9-15(11)16;/h1-3,5,7-8,10,13,28H,4,6,9H2,(H,26,27);1H/t13-;/m0./s1. The Labute approximate surface area is 175 Å². The maximum absolute atomic E-state index is 13.0. The van der Waals surface area contributed by atoms with E-state index < -0.39 is 11.7 Å². The largest absolute Gasteiger partial charge is 0.423 e. The normalized spacial score (nSPS) is 16.3. The molecule has 0 amide bonds. The molecule has 156 valence electrons. The topological polar surface area (TPSA) is 71.2 Å². The summed E-state index contributed by atoms with van der Waals surface area (Å²) in [5.41, 5.74) is 3.24. The molecule has 0 radical (unpaired) electrons. The van der Waals surface area contributed by atoms with E-state index in [2.05, 4.69) is 15.3 Å². The smallest absolute Gasteiger partial charge is 0.416 e. The van der Waals surface area contributed by atoms with Crippen LogP contribution in [0, 0.1) is 0 Å². The third kappa shape index (κ3) is 3.57. The molecule has 2 heterocycles. The fourth-order valence-electron chi connectivity index (χ4n) is 3.81. The molecule has 0 fully saturated rings. The molecule has 0 saturated carbocycles. The van der Waals surface area contributed by atoms with Crippen LogP contribution in [0.2, 0.25) is 0 Å². The van der Waals surface area contributed by atoms with E-state index in [0.717, 1.165) is 36.2 Å². The van der Waals surface area contributed by atoms with Crippen LogP contribution in [0.1, 0.15) is 23.1 Å². The highest BCUT2D eigenvalue weighted by Crippen LogP contribution is 2.35. The number of benzene rings is 2. The first-order chi connectivity index (χ1) is 13.9. The first-order valence-corrected chi connectivity index (χ1v) is 9.21. The zero-order valence-corrected chi connectivity index (χ0v) is 16.3. The fraction of sp³-hybridized carbons (Fsp3) is 0.238. The van der Waals surface area contributed by atoms with Crippen molar-refractivity contribution in [1.82, 2.24) is 9.97 Å². The van der Waals surface area contributed by atoms with Crippen LogP contribution in [0.5, 0.6) is 0 Å². The number of nitrogens with one attached hydrogen (secondary N) is 1. The van der Waals surface area contributed by atoms with Gasteiger partial charge in [-0.1, -0.05) is 12.1 Å². The molecule has 0 unspecified atom stereocenters. The monoisotopic (exact) mass is 435 g/mol. The molecule has 2 aromatic carbocycles. The van der Waals surface area contributed by atoms with Crippen molar-refractivity contribution in [3.05, 3.63) is 59.3 Å². The maximum Gasteiger partial charge on any atom is 0.416 e. The van der Waals surface area contributed by atoms with Crippen molar-refractivity contribution < 1.29 is 22.7 Å². The van der Waals surface area contributed by atoms with Gasteiger partial charge in [-0.05, 0) is 48.2 Å². The number of halogens is 4. The minimum atomic E-state index is -4.43. The van der Waals surface area contributed by atoms with Crippen LogP contribution in [-0.4, -0.2) is 21.2 Å². The van der Waals surface area contributed by atoms with Crippen molar-refractivity contribution in [3.63, 3.8) is 0 Å². The quantitative estimate of drug-likeness (QED) is 0.440. The molecule has 5 rings (SSSR count). The number of alkyl halides is 3. The predicted octanol–water partition coefficient (Wildman–Crippen LogP) is 5.41. The summed E-state index contributed by atoms with van der Waals surface area (Å²) in [6.45, 7) is 0. The van der Waals surface area contributed by atoms with Gasteiger partial charge in [-0.15, -0.1) is 12.4 Å². The highest BCUT2D eigenvalue weighted by molar-refractivity contribution is 6.01. The molecule has 1 aliphatic carbocycles. The first-order valence-electron chi connectivity index (χ1n) is 9.21. The van der Waals surface area contributed by atoms with Crippen LogP contribution in [0.15, 0.2) is 47.0 Å². The number of hydrogen-bond acceptors (Lipinski definition) is 5. The Balaban J connectivity index is 0.00000218. The van der Waals surface area contributed by atoms with Crippen LogP contribution in [0.25, 0.3) is 22.0 Å². The van der Waals surface area contributed by atoms with E-state index in [1.807, 2.05) is 18.2 Å². The van der Waals surface area contributed by atoms with E-state index in [0.29, 0.717) is 22.9 Å². The third-order valence-corrected chi connectivity index (χ3v) is 5.25. The lowest BCUT2D eigenvalue weighted by molar-refractivity contribution is -0.137. The number of pyridine rings is 1. The molecule has 0 saturated heterocycles. The number of aliphatic hydroxyl groups excluding tert-OH is 1. The van der Waals surface area contributed by atoms with Crippen LogP contribution >= 0.6 is 12.4 Å². The number of fused-ring (bicyclic) bond motifs is 4. The number of aromatic nitrogens is 2. The molecular formula is C21H17ClF3N3O2. The number of aryl methyl sites for hydroxylation is 1. The Kier molecular flexibility index (Phi) is 5.07. The van der Waals surface area contributed by atoms with Gasteiger partial charge < -0.3 is 14.8 Å². The van der Waals surface area contributed by atoms with Crippen LogP contribution < -0.4 is 5.32 Å². The SMILES string of the molecule is Cl.O[C@H]1CCc2cccc(Nc3nc4cnc5cc(C(F)(F)F)ccc5c4o3)c2C1. The van der Waals surface area contributed by atoms with Gasteiger partial charge in [0.05, 0.1) is 23.4 Å². The van der Waals surface area contributed by atoms with Gasteiger partial charge in [0, 0.05) is 17.5 Å². The average molecular weight is 436 g/mol. The highest BCUT2D eigenvalue weighted by Gasteiger charge is 2.31. The van der Waals surface area contributed by atoms with Gasteiger partial charge in [0.2, 0.25) is 0 Å². The Hall–Kier alpha value is -2.84. The van der Waals surface area contributed by atoms with Gasteiger partial charge >= 0.3 is 6.18 Å². The molecule has 0 aliphatic heterocycles. The Morgan fingerprint density at radius 2 is 1.97 bits per heavy atom. The number of rotatable bonds is 2. The van der Waals surface area contributed by atoms with E-state index in [-0.39, 0.29) is 30.0 Å². The Morgan fingerprint density at radius 3 is 2.77 bits per heavy atom. The molecule has 4 aromatic rings. The molecule has 1 atom stereocenters. The van der Waals surface area contributed by atoms with Crippen molar-refractivity contribution in [1.29, 1.82) is 0 Å². The summed E-state index contributed by atoms with van der Waals surface area (Å²) in [5, 5.41) is 13.6. The number of nitrogens with zero attached hydrogens (tertiary/aromatic N) is 2. The highest BCUT2D eigenvalue weighted by atomic mass is 35.5. The summed E-state index contributed by atoms with van der Waals surface area (Å²) in [6.07, 6.45) is -1.34. The second-order valence-corrected chi connectivity index (χ2v) is 7.19. The zero-order valence-electron chi connectivity index (χ0n) is 15.5. The summed E-state index contributed by atoms with van der Waals surface area (Å²) in [6, 6.07) is 9.43. The first kappa shape index (κ1) is 20.4. The van der Waals surface area contributed by atoms with Crippen LogP contribution in [0.3, 0.4) is 0 Å². The van der Waals surface area contributed by atoms with Gasteiger partial charge in [0.15, 0.2) is 5.58 Å². The molecule has 0 bridgehead atoms. The molecule has 5 nitrogen and oxygen atoms in total. The van der Waals surface area contributed by atoms with Gasteiger partial charge in [-0.25, -0.2) is 0 Å². The van der Waals surface area contributed by atoms with Crippen molar-refractivity contribution >= 4 is 46.1 Å². The summed E-state index contributed by atoms with van der Waals surface area (Å²) < 4.78 is 44.7. The summed E-state index contributed by atoms with van der Waals surface area (Å²) >= 11 is 0. The molecule has 9 heteroatoms. The summed E-state index contributed by atoms with van der Waals surface area (Å²) in [5.74, 6) is 0. The predicted molar refractivity (Wildman–Crippen MR) is 109 cm³/mol. The third-order valence-electron chi connectivity index (χ3n) is 5.25.